The first-order chi connectivity index (χ1) is 7.41. The molecule has 1 aliphatic rings. The molecule has 4 nitrogen and oxygen atoms in total. The molecule has 1 aromatic heterocycles. The van der Waals surface area contributed by atoms with Crippen LogP contribution in [-0.2, 0) is 13.1 Å². The molecule has 4 heteroatoms. The van der Waals surface area contributed by atoms with Crippen LogP contribution in [0.5, 0.6) is 0 Å². The van der Waals surface area contributed by atoms with E-state index in [1.165, 1.54) is 0 Å². The van der Waals surface area contributed by atoms with E-state index in [1.807, 2.05) is 4.68 Å². The smallest absolute Gasteiger partial charge is 0.140 e. The zero-order chi connectivity index (χ0) is 12.0. The summed E-state index contributed by atoms with van der Waals surface area (Å²) in [7, 11) is 0. The Morgan fingerprint density at radius 1 is 1.31 bits per heavy atom. The number of nitrogens with one attached hydrogen (secondary N) is 1. The fraction of sp³-hybridized carbons (Fsp3) is 0.833. The van der Waals surface area contributed by atoms with E-state index >= 15 is 0 Å². The van der Waals surface area contributed by atoms with Crippen LogP contribution in [0.25, 0.3) is 0 Å². The molecule has 1 saturated carbocycles. The van der Waals surface area contributed by atoms with Crippen LogP contribution in [0.15, 0.2) is 6.33 Å². The van der Waals surface area contributed by atoms with Gasteiger partial charge in [-0.1, -0.05) is 27.7 Å². The van der Waals surface area contributed by atoms with Crippen molar-refractivity contribution >= 4 is 0 Å². The lowest BCUT2D eigenvalue weighted by atomic mass is 10.0. The number of hydrogen-bond acceptors (Lipinski definition) is 3. The Bertz CT molecular complexity index is 364. The Balaban J connectivity index is 1.95. The second-order valence-corrected chi connectivity index (χ2v) is 5.75. The number of aryl methyl sites for hydroxylation is 1. The molecule has 1 heterocycles. The standard InChI is InChI=1S/C12H22N4/c1-6-16-9(14-8-15-16)7-13-10-11(2,3)12(10,4)5/h8,10,13H,6-7H2,1-5H3. The van der Waals surface area contributed by atoms with Crippen LogP contribution >= 0.6 is 0 Å². The second-order valence-electron chi connectivity index (χ2n) is 5.75. The molecular formula is C12H22N4. The predicted octanol–water partition coefficient (Wildman–Crippen LogP) is 1.82. The second kappa shape index (κ2) is 3.55. The zero-order valence-corrected chi connectivity index (χ0v) is 10.9. The van der Waals surface area contributed by atoms with Crippen LogP contribution in [0.1, 0.15) is 40.4 Å². The third kappa shape index (κ3) is 1.56. The van der Waals surface area contributed by atoms with Crippen molar-refractivity contribution in [2.75, 3.05) is 0 Å². The van der Waals surface area contributed by atoms with Crippen molar-refractivity contribution in [1.29, 1.82) is 0 Å². The Morgan fingerprint density at radius 2 is 1.94 bits per heavy atom. The molecule has 90 valence electrons. The lowest BCUT2D eigenvalue weighted by Gasteiger charge is -2.06. The van der Waals surface area contributed by atoms with E-state index in [1.54, 1.807) is 6.33 Å². The maximum Gasteiger partial charge on any atom is 0.140 e. The van der Waals surface area contributed by atoms with Crippen LogP contribution in [0.3, 0.4) is 0 Å². The maximum atomic E-state index is 4.27. The van der Waals surface area contributed by atoms with Gasteiger partial charge in [0.15, 0.2) is 0 Å². The van der Waals surface area contributed by atoms with Gasteiger partial charge in [-0.25, -0.2) is 9.67 Å². The summed E-state index contributed by atoms with van der Waals surface area (Å²) in [4.78, 5) is 4.27. The SMILES string of the molecule is CCn1ncnc1CNC1C(C)(C)C1(C)C. The maximum absolute atomic E-state index is 4.27. The van der Waals surface area contributed by atoms with Gasteiger partial charge in [-0.2, -0.15) is 5.10 Å². The highest BCUT2D eigenvalue weighted by atomic mass is 15.3. The molecule has 2 rings (SSSR count). The van der Waals surface area contributed by atoms with Crippen LogP contribution in [0, 0.1) is 10.8 Å². The van der Waals surface area contributed by atoms with Gasteiger partial charge in [-0.15, -0.1) is 0 Å². The summed E-state index contributed by atoms with van der Waals surface area (Å²) in [5.74, 6) is 1.03. The summed E-state index contributed by atoms with van der Waals surface area (Å²) in [6, 6.07) is 0.571. The van der Waals surface area contributed by atoms with Gasteiger partial charge in [0, 0.05) is 12.6 Å². The Hall–Kier alpha value is -0.900. The summed E-state index contributed by atoms with van der Waals surface area (Å²) in [6.45, 7) is 13.0. The lowest BCUT2D eigenvalue weighted by Crippen LogP contribution is -2.24. The minimum atomic E-state index is 0.379. The normalized spacial score (nSPS) is 22.3. The Morgan fingerprint density at radius 3 is 2.44 bits per heavy atom. The first-order valence-corrected chi connectivity index (χ1v) is 6.01. The predicted molar refractivity (Wildman–Crippen MR) is 63.9 cm³/mol. The summed E-state index contributed by atoms with van der Waals surface area (Å²) in [5, 5.41) is 7.76. The first kappa shape index (κ1) is 11.6. The minimum absolute atomic E-state index is 0.379. The van der Waals surface area contributed by atoms with Crippen molar-refractivity contribution in [1.82, 2.24) is 20.1 Å². The Kier molecular flexibility index (Phi) is 2.57. The Labute approximate surface area is 97.5 Å². The molecule has 0 bridgehead atoms. The van der Waals surface area contributed by atoms with Crippen LogP contribution in [-0.4, -0.2) is 20.8 Å². The highest BCUT2D eigenvalue weighted by Gasteiger charge is 2.64. The average Bonchev–Trinajstić information content (AvgIpc) is 2.59. The molecule has 1 N–H and O–H groups in total. The molecule has 0 amide bonds. The lowest BCUT2D eigenvalue weighted by molar-refractivity contribution is 0.457. The molecule has 0 unspecified atom stereocenters. The molecular weight excluding hydrogens is 200 g/mol. The summed E-state index contributed by atoms with van der Waals surface area (Å²) in [6.07, 6.45) is 1.63. The number of rotatable bonds is 4. The summed E-state index contributed by atoms with van der Waals surface area (Å²) < 4.78 is 1.94. The number of hydrogen-bond donors (Lipinski definition) is 1. The van der Waals surface area contributed by atoms with Gasteiger partial charge in [0.05, 0.1) is 6.54 Å². The fourth-order valence-electron chi connectivity index (χ4n) is 2.59. The molecule has 0 saturated heterocycles. The van der Waals surface area contributed by atoms with E-state index in [0.29, 0.717) is 16.9 Å². The van der Waals surface area contributed by atoms with Crippen molar-refractivity contribution in [3.05, 3.63) is 12.2 Å². The average molecular weight is 222 g/mol. The number of nitrogens with zero attached hydrogens (tertiary/aromatic N) is 3. The topological polar surface area (TPSA) is 42.7 Å². The molecule has 1 aromatic rings. The quantitative estimate of drug-likeness (QED) is 0.845. The van der Waals surface area contributed by atoms with Crippen LogP contribution in [0.2, 0.25) is 0 Å². The van der Waals surface area contributed by atoms with Crippen molar-refractivity contribution in [3.8, 4) is 0 Å². The molecule has 0 spiro atoms. The van der Waals surface area contributed by atoms with E-state index in [-0.39, 0.29) is 0 Å². The van der Waals surface area contributed by atoms with Gasteiger partial charge in [-0.05, 0) is 17.8 Å². The van der Waals surface area contributed by atoms with Gasteiger partial charge < -0.3 is 5.32 Å². The molecule has 0 aromatic carbocycles. The van der Waals surface area contributed by atoms with E-state index in [2.05, 4.69) is 50.0 Å². The third-order valence-electron chi connectivity index (χ3n) is 4.48. The summed E-state index contributed by atoms with van der Waals surface area (Å²) >= 11 is 0. The highest BCUT2D eigenvalue weighted by Crippen LogP contribution is 2.62. The summed E-state index contributed by atoms with van der Waals surface area (Å²) in [5.41, 5.74) is 0.758. The van der Waals surface area contributed by atoms with Gasteiger partial charge in [0.25, 0.3) is 0 Å². The van der Waals surface area contributed by atoms with Crippen molar-refractivity contribution in [3.63, 3.8) is 0 Å². The monoisotopic (exact) mass is 222 g/mol. The van der Waals surface area contributed by atoms with Crippen molar-refractivity contribution in [2.24, 2.45) is 10.8 Å². The van der Waals surface area contributed by atoms with Gasteiger partial charge in [-0.3, -0.25) is 0 Å². The van der Waals surface area contributed by atoms with E-state index in [9.17, 15) is 0 Å². The van der Waals surface area contributed by atoms with E-state index in [4.69, 9.17) is 0 Å². The first-order valence-electron chi connectivity index (χ1n) is 6.01. The van der Waals surface area contributed by atoms with Crippen molar-refractivity contribution < 1.29 is 0 Å². The molecule has 1 fully saturated rings. The van der Waals surface area contributed by atoms with Gasteiger partial charge in [0.2, 0.25) is 0 Å². The molecule has 16 heavy (non-hydrogen) atoms. The molecule has 0 radical (unpaired) electrons. The fourth-order valence-corrected chi connectivity index (χ4v) is 2.59. The molecule has 0 atom stereocenters. The van der Waals surface area contributed by atoms with E-state index < -0.39 is 0 Å². The van der Waals surface area contributed by atoms with Gasteiger partial charge >= 0.3 is 0 Å². The van der Waals surface area contributed by atoms with Crippen LogP contribution in [0.4, 0.5) is 0 Å². The number of aromatic nitrogens is 3. The highest BCUT2D eigenvalue weighted by molar-refractivity contribution is 5.17. The van der Waals surface area contributed by atoms with E-state index in [0.717, 1.165) is 18.9 Å². The molecule has 0 aliphatic heterocycles. The van der Waals surface area contributed by atoms with Gasteiger partial charge in [0.1, 0.15) is 12.2 Å². The third-order valence-corrected chi connectivity index (χ3v) is 4.48. The zero-order valence-electron chi connectivity index (χ0n) is 10.9. The van der Waals surface area contributed by atoms with Crippen LogP contribution < -0.4 is 5.32 Å². The van der Waals surface area contributed by atoms with Crippen molar-refractivity contribution in [2.45, 2.75) is 53.8 Å². The largest absolute Gasteiger partial charge is 0.306 e. The minimum Gasteiger partial charge on any atom is -0.306 e. The molecule has 1 aliphatic carbocycles.